The first-order valence-corrected chi connectivity index (χ1v) is 11.0. The molecule has 3 aromatic heterocycles. The smallest absolute Gasteiger partial charge is 0.267 e. The van der Waals surface area contributed by atoms with Crippen LogP contribution in [0.2, 0.25) is 0 Å². The van der Waals surface area contributed by atoms with Crippen LogP contribution in [0.3, 0.4) is 0 Å². The lowest BCUT2D eigenvalue weighted by Gasteiger charge is -2.26. The second-order valence-electron chi connectivity index (χ2n) is 8.11. The molecule has 0 aromatic carbocycles. The normalized spacial score (nSPS) is 15.0. The Kier molecular flexibility index (Phi) is 5.97. The Bertz CT molecular complexity index is 1190. The lowest BCUT2D eigenvalue weighted by Crippen LogP contribution is -2.37. The molecule has 7 heteroatoms. The van der Waals surface area contributed by atoms with E-state index >= 15 is 0 Å². The van der Waals surface area contributed by atoms with Gasteiger partial charge in [-0.05, 0) is 37.5 Å². The molecule has 0 bridgehead atoms. The summed E-state index contributed by atoms with van der Waals surface area (Å²) in [7, 11) is 0. The average Bonchev–Trinajstić information content (AvgIpc) is 2.77. The van der Waals surface area contributed by atoms with Gasteiger partial charge in [0.05, 0.1) is 10.9 Å². The van der Waals surface area contributed by atoms with Crippen LogP contribution in [0.25, 0.3) is 16.7 Å². The molecule has 158 valence electrons. The molecule has 30 heavy (non-hydrogen) atoms. The summed E-state index contributed by atoms with van der Waals surface area (Å²) in [5, 5.41) is 12.2. The Morgan fingerprint density at radius 2 is 2.03 bits per heavy atom. The van der Waals surface area contributed by atoms with Crippen molar-refractivity contribution in [2.75, 3.05) is 6.54 Å². The maximum absolute atomic E-state index is 13.2. The van der Waals surface area contributed by atoms with E-state index in [1.54, 1.807) is 24.4 Å². The number of amides is 1. The zero-order chi connectivity index (χ0) is 21.1. The Morgan fingerprint density at radius 1 is 1.23 bits per heavy atom. The number of carbonyl (C=O) groups is 1. The number of nitrogens with one attached hydrogen (secondary N) is 2. The number of rotatable bonds is 6. The first-order chi connectivity index (χ1) is 14.6. The summed E-state index contributed by atoms with van der Waals surface area (Å²) in [6, 6.07) is 7.07. The van der Waals surface area contributed by atoms with E-state index in [-0.39, 0.29) is 28.6 Å². The maximum Gasteiger partial charge on any atom is 0.267 e. The zero-order valence-corrected chi connectivity index (χ0v) is 17.5. The van der Waals surface area contributed by atoms with Crippen LogP contribution in [0.4, 0.5) is 0 Å². The summed E-state index contributed by atoms with van der Waals surface area (Å²) in [4.78, 5) is 30.9. The minimum absolute atomic E-state index is 0.0830. The third-order valence-electron chi connectivity index (χ3n) is 6.01. The lowest BCUT2D eigenvalue weighted by atomic mass is 9.94. The minimum atomic E-state index is -0.292. The number of carbonyl (C=O) groups excluding carboxylic acids is 1. The lowest BCUT2D eigenvalue weighted by molar-refractivity contribution is 0.0950. The molecule has 1 aliphatic rings. The summed E-state index contributed by atoms with van der Waals surface area (Å²) in [6.45, 7) is 2.69. The first-order valence-electron chi connectivity index (χ1n) is 11.0. The molecule has 7 nitrogen and oxygen atoms in total. The van der Waals surface area contributed by atoms with Gasteiger partial charge in [0.1, 0.15) is 16.8 Å². The van der Waals surface area contributed by atoms with Crippen LogP contribution < -0.4 is 16.4 Å². The maximum atomic E-state index is 13.2. The van der Waals surface area contributed by atoms with Crippen molar-refractivity contribution in [3.05, 3.63) is 51.9 Å². The van der Waals surface area contributed by atoms with E-state index in [0.29, 0.717) is 23.2 Å². The second-order valence-corrected chi connectivity index (χ2v) is 8.11. The Labute approximate surface area is 175 Å². The molecule has 0 radical (unpaired) electrons. The molecule has 0 aliphatic heterocycles. The van der Waals surface area contributed by atoms with Crippen molar-refractivity contribution < 1.29 is 4.79 Å². The monoisotopic (exact) mass is 407 g/mol. The largest absolute Gasteiger partial charge is 0.352 e. The molecule has 3 aromatic rings. The average molecular weight is 408 g/mol. The fraction of sp³-hybridized carbons (Fsp3) is 0.478. The van der Waals surface area contributed by atoms with Gasteiger partial charge in [-0.3, -0.25) is 19.4 Å². The number of hydrogen-bond donors (Lipinski definition) is 2. The Hall–Kier alpha value is -2.96. The first kappa shape index (κ1) is 20.3. The molecule has 1 aliphatic carbocycles. The molecule has 0 unspecified atom stereocenters. The molecule has 4 rings (SSSR count). The number of pyridine rings is 2. The van der Waals surface area contributed by atoms with Crippen LogP contribution in [0.15, 0.2) is 35.3 Å². The number of aromatic nitrogens is 3. The van der Waals surface area contributed by atoms with Crippen molar-refractivity contribution in [1.82, 2.24) is 19.3 Å². The summed E-state index contributed by atoms with van der Waals surface area (Å²) in [5.41, 5.74) is 1.25. The third kappa shape index (κ3) is 3.76. The van der Waals surface area contributed by atoms with Crippen LogP contribution >= 0.6 is 0 Å². The van der Waals surface area contributed by atoms with Gasteiger partial charge in [0, 0.05) is 18.8 Å². The SMILES string of the molecule is CCCCCNC(=O)c1cc2c(=O)n3ccccc3nc2n(C2CCCCC2)c1=N. The molecule has 0 atom stereocenters. The summed E-state index contributed by atoms with van der Waals surface area (Å²) in [6.07, 6.45) is 9.93. The Morgan fingerprint density at radius 3 is 2.80 bits per heavy atom. The molecular formula is C23H29N5O2. The van der Waals surface area contributed by atoms with E-state index in [4.69, 9.17) is 10.4 Å². The van der Waals surface area contributed by atoms with Crippen molar-refractivity contribution in [1.29, 1.82) is 5.41 Å². The van der Waals surface area contributed by atoms with Crippen molar-refractivity contribution in [3.8, 4) is 0 Å². The highest BCUT2D eigenvalue weighted by atomic mass is 16.1. The van der Waals surface area contributed by atoms with Crippen LogP contribution in [-0.4, -0.2) is 26.4 Å². The zero-order valence-electron chi connectivity index (χ0n) is 17.5. The van der Waals surface area contributed by atoms with Gasteiger partial charge >= 0.3 is 0 Å². The number of fused-ring (bicyclic) bond motifs is 2. The van der Waals surface area contributed by atoms with Crippen molar-refractivity contribution >= 4 is 22.6 Å². The van der Waals surface area contributed by atoms with Crippen LogP contribution in [0, 0.1) is 5.41 Å². The van der Waals surface area contributed by atoms with E-state index in [2.05, 4.69) is 12.2 Å². The van der Waals surface area contributed by atoms with Gasteiger partial charge in [0.2, 0.25) is 0 Å². The minimum Gasteiger partial charge on any atom is -0.352 e. The van der Waals surface area contributed by atoms with E-state index in [1.807, 2.05) is 10.6 Å². The molecule has 0 spiro atoms. The number of nitrogens with zero attached hydrogens (tertiary/aromatic N) is 3. The van der Waals surface area contributed by atoms with Gasteiger partial charge in [0.25, 0.3) is 11.5 Å². The standard InChI is InChI=1S/C23H29N5O2/c1-2-3-8-13-25-22(29)17-15-18-21(26-19-12-7-9-14-27(19)23(18)30)28(20(17)24)16-10-5-4-6-11-16/h7,9,12,14-16,24H,2-6,8,10-11,13H2,1H3,(H,25,29). The van der Waals surface area contributed by atoms with Gasteiger partial charge in [-0.25, -0.2) is 4.98 Å². The van der Waals surface area contributed by atoms with Crippen LogP contribution in [0.5, 0.6) is 0 Å². The molecule has 2 N–H and O–H groups in total. The van der Waals surface area contributed by atoms with Crippen LogP contribution in [-0.2, 0) is 0 Å². The van der Waals surface area contributed by atoms with Crippen molar-refractivity contribution in [3.63, 3.8) is 0 Å². The summed E-state index contributed by atoms with van der Waals surface area (Å²) < 4.78 is 3.34. The topological polar surface area (TPSA) is 92.2 Å². The van der Waals surface area contributed by atoms with Gasteiger partial charge in [-0.1, -0.05) is 45.1 Å². The predicted molar refractivity (Wildman–Crippen MR) is 117 cm³/mol. The van der Waals surface area contributed by atoms with Crippen molar-refractivity contribution in [2.45, 2.75) is 64.3 Å². The number of unbranched alkanes of at least 4 members (excludes halogenated alkanes) is 2. The van der Waals surface area contributed by atoms with Gasteiger partial charge in [-0.2, -0.15) is 0 Å². The fourth-order valence-electron chi connectivity index (χ4n) is 4.39. The fourth-order valence-corrected chi connectivity index (χ4v) is 4.39. The van der Waals surface area contributed by atoms with E-state index in [1.165, 1.54) is 10.8 Å². The van der Waals surface area contributed by atoms with Gasteiger partial charge in [0.15, 0.2) is 0 Å². The predicted octanol–water partition coefficient (Wildman–Crippen LogP) is 3.55. The quantitative estimate of drug-likeness (QED) is 0.483. The Balaban J connectivity index is 1.90. The van der Waals surface area contributed by atoms with Crippen molar-refractivity contribution in [2.24, 2.45) is 0 Å². The van der Waals surface area contributed by atoms with E-state index < -0.39 is 0 Å². The molecule has 1 fully saturated rings. The summed E-state index contributed by atoms with van der Waals surface area (Å²) >= 11 is 0. The molecule has 1 amide bonds. The molecule has 0 saturated heterocycles. The van der Waals surface area contributed by atoms with E-state index in [9.17, 15) is 9.59 Å². The highest BCUT2D eigenvalue weighted by Gasteiger charge is 2.23. The number of hydrogen-bond acceptors (Lipinski definition) is 4. The van der Waals surface area contributed by atoms with Gasteiger partial charge in [-0.15, -0.1) is 0 Å². The highest BCUT2D eigenvalue weighted by Crippen LogP contribution is 2.29. The third-order valence-corrected chi connectivity index (χ3v) is 6.01. The molecule has 1 saturated carbocycles. The molecular weight excluding hydrogens is 378 g/mol. The molecule has 3 heterocycles. The summed E-state index contributed by atoms with van der Waals surface area (Å²) in [5.74, 6) is -0.292. The second kappa shape index (κ2) is 8.81. The van der Waals surface area contributed by atoms with Crippen LogP contribution in [0.1, 0.15) is 74.7 Å². The van der Waals surface area contributed by atoms with Gasteiger partial charge < -0.3 is 9.88 Å². The highest BCUT2D eigenvalue weighted by molar-refractivity contribution is 5.96. The van der Waals surface area contributed by atoms with E-state index in [0.717, 1.165) is 44.9 Å².